The Morgan fingerprint density at radius 1 is 1.00 bits per heavy atom. The largest absolute Gasteiger partial charge is 0.489 e. The van der Waals surface area contributed by atoms with Crippen LogP contribution in [0.1, 0.15) is 85.0 Å². The number of ether oxygens (including phenoxy) is 2. The Hall–Kier alpha value is -2.35. The van der Waals surface area contributed by atoms with E-state index in [1.54, 1.807) is 24.3 Å². The van der Waals surface area contributed by atoms with Crippen LogP contribution in [0.15, 0.2) is 41.3 Å². The van der Waals surface area contributed by atoms with Crippen LogP contribution < -0.4 is 4.74 Å². The number of amides is 1. The minimum Gasteiger partial charge on any atom is -0.489 e. The third-order valence-electron chi connectivity index (χ3n) is 8.56. The zero-order valence-corrected chi connectivity index (χ0v) is 24.2. The molecule has 4 fully saturated rings. The molecule has 0 saturated heterocycles. The fourth-order valence-corrected chi connectivity index (χ4v) is 7.92. The Morgan fingerprint density at radius 2 is 1.58 bits per heavy atom. The van der Waals surface area contributed by atoms with Gasteiger partial charge in [0.1, 0.15) is 18.0 Å². The molecule has 0 heterocycles. The van der Waals surface area contributed by atoms with E-state index in [-0.39, 0.29) is 47.5 Å². The first kappa shape index (κ1) is 28.7. The molecule has 4 saturated carbocycles. The Kier molecular flexibility index (Phi) is 8.04. The predicted molar refractivity (Wildman–Crippen MR) is 147 cm³/mol. The number of carbonyl (C=O) groups is 2. The normalized spacial score (nSPS) is 25.1. The maximum atomic E-state index is 13.4. The van der Waals surface area contributed by atoms with Crippen LogP contribution in [0, 0.1) is 11.3 Å². The Balaban J connectivity index is 1.27. The second-order valence-corrected chi connectivity index (χ2v) is 14.7. The first-order valence-electron chi connectivity index (χ1n) is 13.8. The zero-order valence-electron chi connectivity index (χ0n) is 23.4. The topological polar surface area (TPSA) is 90.0 Å². The molecule has 4 aliphatic carbocycles. The number of fused-ring (bicyclic) bond motifs is 3. The molecule has 38 heavy (non-hydrogen) atoms. The monoisotopic (exact) mass is 545 g/mol. The van der Waals surface area contributed by atoms with Gasteiger partial charge in [-0.25, -0.2) is 8.42 Å². The third-order valence-corrected chi connectivity index (χ3v) is 10.5. The number of carbonyl (C=O) groups excluding carboxylic acids is 2. The molecule has 0 unspecified atom stereocenters. The number of benzene rings is 1. The lowest BCUT2D eigenvalue weighted by atomic mass is 9.57. The Bertz CT molecular complexity index is 1140. The minimum atomic E-state index is -3.45. The predicted octanol–water partition coefficient (Wildman–Crippen LogP) is 5.48. The van der Waals surface area contributed by atoms with Crippen molar-refractivity contribution < 1.29 is 27.5 Å². The van der Waals surface area contributed by atoms with Crippen molar-refractivity contribution in [1.29, 1.82) is 0 Å². The average molecular weight is 546 g/mol. The van der Waals surface area contributed by atoms with Crippen LogP contribution in [-0.4, -0.2) is 55.7 Å². The molecule has 210 valence electrons. The molecule has 8 heteroatoms. The summed E-state index contributed by atoms with van der Waals surface area (Å²) >= 11 is 0. The van der Waals surface area contributed by atoms with Gasteiger partial charge in [-0.1, -0.05) is 6.58 Å². The van der Waals surface area contributed by atoms with Gasteiger partial charge in [0, 0.05) is 24.9 Å². The fraction of sp³-hybridized carbons (Fsp3) is 0.667. The second-order valence-electron chi connectivity index (χ2n) is 12.8. The summed E-state index contributed by atoms with van der Waals surface area (Å²) in [5.74, 6) is 0.932. The van der Waals surface area contributed by atoms with Crippen molar-refractivity contribution in [2.45, 2.75) is 101 Å². The average Bonchev–Trinajstić information content (AvgIpc) is 3.71. The lowest BCUT2D eigenvalue weighted by Crippen LogP contribution is -2.58. The van der Waals surface area contributed by atoms with Gasteiger partial charge in [0.15, 0.2) is 9.84 Å². The van der Waals surface area contributed by atoms with Crippen LogP contribution in [-0.2, 0) is 24.2 Å². The van der Waals surface area contributed by atoms with Crippen LogP contribution >= 0.6 is 0 Å². The maximum Gasteiger partial charge on any atom is 0.306 e. The van der Waals surface area contributed by atoms with Crippen molar-refractivity contribution >= 4 is 21.7 Å². The van der Waals surface area contributed by atoms with E-state index < -0.39 is 15.4 Å². The molecule has 0 aromatic heterocycles. The fourth-order valence-electron chi connectivity index (χ4n) is 5.96. The highest BCUT2D eigenvalue weighted by atomic mass is 32.2. The molecule has 0 aliphatic heterocycles. The van der Waals surface area contributed by atoms with E-state index in [4.69, 9.17) is 9.47 Å². The summed E-state index contributed by atoms with van der Waals surface area (Å²) in [6, 6.07) is 6.58. The molecule has 2 bridgehead atoms. The molecule has 1 aromatic rings. The van der Waals surface area contributed by atoms with E-state index in [2.05, 4.69) is 6.58 Å². The molecule has 0 atom stereocenters. The van der Waals surface area contributed by atoms with Crippen LogP contribution in [0.25, 0.3) is 0 Å². The van der Waals surface area contributed by atoms with E-state index >= 15 is 0 Å². The quantitative estimate of drug-likeness (QED) is 0.270. The number of sulfone groups is 1. The van der Waals surface area contributed by atoms with Gasteiger partial charge >= 0.3 is 5.97 Å². The second kappa shape index (κ2) is 10.7. The number of hydrogen-bond acceptors (Lipinski definition) is 6. The molecule has 4 aliphatic rings. The van der Waals surface area contributed by atoms with Gasteiger partial charge in [-0.05, 0) is 114 Å². The van der Waals surface area contributed by atoms with Crippen LogP contribution in [0.2, 0.25) is 0 Å². The molecule has 0 N–H and O–H groups in total. The van der Waals surface area contributed by atoms with Gasteiger partial charge in [0.25, 0.3) is 0 Å². The molecule has 1 amide bonds. The highest BCUT2D eigenvalue weighted by molar-refractivity contribution is 7.91. The van der Waals surface area contributed by atoms with Crippen LogP contribution in [0.3, 0.4) is 0 Å². The van der Waals surface area contributed by atoms with Crippen LogP contribution in [0.5, 0.6) is 5.75 Å². The van der Waals surface area contributed by atoms with Gasteiger partial charge < -0.3 is 14.4 Å². The van der Waals surface area contributed by atoms with Crippen molar-refractivity contribution in [2.75, 3.05) is 19.4 Å². The van der Waals surface area contributed by atoms with E-state index in [1.165, 1.54) is 0 Å². The van der Waals surface area contributed by atoms with Gasteiger partial charge in [0.05, 0.1) is 10.6 Å². The molecule has 5 rings (SSSR count). The molecule has 7 nitrogen and oxygen atoms in total. The lowest BCUT2D eigenvalue weighted by molar-refractivity contribution is -0.154. The van der Waals surface area contributed by atoms with Gasteiger partial charge in [-0.2, -0.15) is 0 Å². The number of esters is 1. The van der Waals surface area contributed by atoms with E-state index in [0.29, 0.717) is 17.1 Å². The highest BCUT2D eigenvalue weighted by Crippen LogP contribution is 2.55. The van der Waals surface area contributed by atoms with Crippen molar-refractivity contribution in [3.63, 3.8) is 0 Å². The first-order valence-corrected chi connectivity index (χ1v) is 15.5. The van der Waals surface area contributed by atoms with E-state index in [0.717, 1.165) is 56.9 Å². The summed E-state index contributed by atoms with van der Waals surface area (Å²) in [5, 5.41) is 0. The van der Waals surface area contributed by atoms with Crippen molar-refractivity contribution in [1.82, 2.24) is 4.90 Å². The Labute approximate surface area is 227 Å². The van der Waals surface area contributed by atoms with E-state index in [1.807, 2.05) is 32.7 Å². The number of rotatable bonds is 11. The summed E-state index contributed by atoms with van der Waals surface area (Å²) in [7, 11) is -1.50. The third kappa shape index (κ3) is 6.80. The number of nitrogens with zero attached hydrogens (tertiary/aromatic N) is 1. The number of hydrogen-bond donors (Lipinski definition) is 0. The van der Waals surface area contributed by atoms with Gasteiger partial charge in [-0.3, -0.25) is 9.59 Å². The lowest BCUT2D eigenvalue weighted by Gasteiger charge is -2.56. The SMILES string of the molecule is C=C(CCC(=O)OC(C)(C)C)COc1ccc(S(=O)(=O)CC23CCC(N(C)C(=O)C4CC4)(CC2)CC3)cc1. The van der Waals surface area contributed by atoms with Gasteiger partial charge in [0.2, 0.25) is 5.91 Å². The summed E-state index contributed by atoms with van der Waals surface area (Å²) in [6.07, 6.45) is 7.94. The highest BCUT2D eigenvalue weighted by Gasteiger charge is 2.53. The molecule has 0 radical (unpaired) electrons. The molecule has 0 spiro atoms. The zero-order chi connectivity index (χ0) is 27.8. The van der Waals surface area contributed by atoms with Crippen molar-refractivity contribution in [3.05, 3.63) is 36.4 Å². The van der Waals surface area contributed by atoms with Gasteiger partial charge in [-0.15, -0.1) is 0 Å². The molecular formula is C30H43NO6S. The maximum absolute atomic E-state index is 13.4. The summed E-state index contributed by atoms with van der Waals surface area (Å²) in [4.78, 5) is 26.9. The smallest absolute Gasteiger partial charge is 0.306 e. The standard InChI is InChI=1S/C30H43NO6S/c1-22(6-13-26(32)37-28(2,3)4)20-36-24-9-11-25(12-10-24)38(34,35)21-29-14-17-30(18-15-29,19-16-29)31(5)27(33)23-7-8-23/h9-12,23H,1,6-8,13-21H2,2-5H3. The Morgan fingerprint density at radius 3 is 2.11 bits per heavy atom. The van der Waals surface area contributed by atoms with Crippen molar-refractivity contribution in [3.8, 4) is 5.75 Å². The van der Waals surface area contributed by atoms with Crippen LogP contribution in [0.4, 0.5) is 0 Å². The molecular weight excluding hydrogens is 502 g/mol. The molecule has 1 aromatic carbocycles. The first-order chi connectivity index (χ1) is 17.7. The summed E-state index contributed by atoms with van der Waals surface area (Å²) in [5.41, 5.74) is -0.0320. The minimum absolute atomic E-state index is 0.0823. The summed E-state index contributed by atoms with van der Waals surface area (Å²) < 4.78 is 37.8. The summed E-state index contributed by atoms with van der Waals surface area (Å²) in [6.45, 7) is 9.71. The van der Waals surface area contributed by atoms with Crippen molar-refractivity contribution in [2.24, 2.45) is 11.3 Å². The van der Waals surface area contributed by atoms with E-state index in [9.17, 15) is 18.0 Å².